The number of rotatable bonds is 6. The molecule has 1 aromatic carbocycles. The van der Waals surface area contributed by atoms with Crippen molar-refractivity contribution >= 4 is 28.5 Å². The molecule has 2 N–H and O–H groups in total. The number of nitrogens with one attached hydrogen (secondary N) is 2. The third-order valence-electron chi connectivity index (χ3n) is 6.07. The average molecular weight is 417 g/mol. The first-order chi connectivity index (χ1) is 14.3. The summed E-state index contributed by atoms with van der Waals surface area (Å²) in [5.74, 6) is 1.29. The molecule has 2 aromatic rings. The number of anilines is 1. The van der Waals surface area contributed by atoms with Crippen molar-refractivity contribution in [1.82, 2.24) is 4.57 Å². The summed E-state index contributed by atoms with van der Waals surface area (Å²) in [5, 5.41) is 3.72. The number of carbonyl (C=O) groups excluding carboxylic acids is 2. The Labute approximate surface area is 178 Å². The smallest absolute Gasteiger partial charge is 0.340 e. The van der Waals surface area contributed by atoms with Gasteiger partial charge in [-0.15, -0.1) is 0 Å². The third-order valence-corrected chi connectivity index (χ3v) is 6.07. The van der Waals surface area contributed by atoms with Gasteiger partial charge in [-0.3, -0.25) is 4.79 Å². The molecule has 7 nitrogen and oxygen atoms in total. The molecule has 1 aromatic heterocycles. The van der Waals surface area contributed by atoms with Gasteiger partial charge >= 0.3 is 5.97 Å². The highest BCUT2D eigenvalue weighted by molar-refractivity contribution is 6.14. The van der Waals surface area contributed by atoms with E-state index in [1.54, 1.807) is 14.0 Å². The van der Waals surface area contributed by atoms with Gasteiger partial charge in [-0.1, -0.05) is 13.8 Å². The van der Waals surface area contributed by atoms with Gasteiger partial charge in [-0.2, -0.15) is 0 Å². The van der Waals surface area contributed by atoms with E-state index in [9.17, 15) is 9.59 Å². The third kappa shape index (κ3) is 4.31. The maximum absolute atomic E-state index is 13.0. The fourth-order valence-corrected chi connectivity index (χ4v) is 4.86. The van der Waals surface area contributed by atoms with E-state index >= 15 is 0 Å². The van der Waals surface area contributed by atoms with Crippen LogP contribution >= 0.6 is 0 Å². The number of amides is 1. The van der Waals surface area contributed by atoms with Gasteiger partial charge in [0.2, 0.25) is 0 Å². The molecule has 0 bridgehead atoms. The van der Waals surface area contributed by atoms with Crippen molar-refractivity contribution < 1.29 is 24.0 Å². The zero-order valence-corrected chi connectivity index (χ0v) is 18.9. The lowest BCUT2D eigenvalue weighted by atomic mass is 9.92. The Morgan fingerprint density at radius 1 is 1.23 bits per heavy atom. The van der Waals surface area contributed by atoms with Crippen molar-refractivity contribution in [3.05, 3.63) is 23.4 Å². The Bertz CT molecular complexity index is 940. The number of benzene rings is 1. The van der Waals surface area contributed by atoms with Crippen LogP contribution in [0.25, 0.3) is 10.9 Å². The fourth-order valence-electron chi connectivity index (χ4n) is 4.86. The summed E-state index contributed by atoms with van der Waals surface area (Å²) in [5.41, 5.74) is 2.64. The first-order valence-corrected chi connectivity index (χ1v) is 10.7. The lowest BCUT2D eigenvalue weighted by molar-refractivity contribution is -0.904. The number of likely N-dealkylation sites (tertiary alicyclic amines) is 1. The van der Waals surface area contributed by atoms with Crippen LogP contribution in [0.2, 0.25) is 0 Å². The number of quaternary nitrogens is 1. The normalized spacial score (nSPS) is 21.5. The second kappa shape index (κ2) is 9.08. The Morgan fingerprint density at radius 3 is 2.50 bits per heavy atom. The van der Waals surface area contributed by atoms with E-state index in [-0.39, 0.29) is 12.5 Å². The molecule has 0 unspecified atom stereocenters. The van der Waals surface area contributed by atoms with Crippen molar-refractivity contribution in [2.45, 2.75) is 34.1 Å². The van der Waals surface area contributed by atoms with Gasteiger partial charge in [0.05, 0.1) is 43.6 Å². The monoisotopic (exact) mass is 416 g/mol. The molecule has 1 aliphatic heterocycles. The lowest BCUT2D eigenvalue weighted by Crippen LogP contribution is -3.15. The molecular weight excluding hydrogens is 382 g/mol. The van der Waals surface area contributed by atoms with E-state index in [0.717, 1.165) is 24.3 Å². The summed E-state index contributed by atoms with van der Waals surface area (Å²) in [7, 11) is 3.47. The lowest BCUT2D eigenvalue weighted by Gasteiger charge is -2.31. The Hall–Kier alpha value is -2.54. The van der Waals surface area contributed by atoms with E-state index in [4.69, 9.17) is 9.47 Å². The number of nitrogens with zero attached hydrogens (tertiary/aromatic N) is 1. The predicted molar refractivity (Wildman–Crippen MR) is 117 cm³/mol. The van der Waals surface area contributed by atoms with Gasteiger partial charge in [0.25, 0.3) is 5.91 Å². The number of esters is 1. The van der Waals surface area contributed by atoms with Crippen LogP contribution < -0.4 is 15.0 Å². The summed E-state index contributed by atoms with van der Waals surface area (Å²) in [4.78, 5) is 27.0. The summed E-state index contributed by atoms with van der Waals surface area (Å²) in [6.07, 6.45) is 1.21. The minimum Gasteiger partial charge on any atom is -0.495 e. The standard InChI is InChI=1S/C23H33N3O4/c1-7-30-23(28)20-16(4)25(5)17-8-9-18(29-6)22(21(17)20)24-19(27)13-26-11-14(2)10-15(3)12-26/h8-9,14-15H,7,10-13H2,1-6H3,(H,24,27)/p+1/t14-,15-/m0/s1. The van der Waals surface area contributed by atoms with Crippen molar-refractivity contribution in [2.24, 2.45) is 18.9 Å². The van der Waals surface area contributed by atoms with Crippen LogP contribution in [0.5, 0.6) is 5.75 Å². The molecule has 1 fully saturated rings. The number of ether oxygens (including phenoxy) is 2. The molecule has 2 heterocycles. The minimum absolute atomic E-state index is 0.0755. The number of aryl methyl sites for hydroxylation is 1. The van der Waals surface area contributed by atoms with Crippen molar-refractivity contribution in [1.29, 1.82) is 0 Å². The van der Waals surface area contributed by atoms with Crippen molar-refractivity contribution in [3.8, 4) is 5.75 Å². The first kappa shape index (κ1) is 22.2. The largest absolute Gasteiger partial charge is 0.495 e. The fraction of sp³-hybridized carbons (Fsp3) is 0.565. The Morgan fingerprint density at radius 2 is 1.90 bits per heavy atom. The van der Waals surface area contributed by atoms with Crippen molar-refractivity contribution in [3.63, 3.8) is 0 Å². The van der Waals surface area contributed by atoms with E-state index in [1.165, 1.54) is 11.3 Å². The highest BCUT2D eigenvalue weighted by Gasteiger charge is 2.29. The SMILES string of the molecule is CCOC(=O)c1c(C)n(C)c2ccc(OC)c(NC(=O)C[NH+]3C[C@@H](C)C[C@H](C)C3)c12. The van der Waals surface area contributed by atoms with Gasteiger partial charge in [-0.25, -0.2) is 4.79 Å². The second-order valence-electron chi connectivity index (χ2n) is 8.61. The summed E-state index contributed by atoms with van der Waals surface area (Å²) < 4.78 is 12.8. The maximum atomic E-state index is 13.0. The molecule has 3 rings (SSSR count). The molecule has 30 heavy (non-hydrogen) atoms. The van der Waals surface area contributed by atoms with E-state index in [0.29, 0.717) is 40.8 Å². The number of fused-ring (bicyclic) bond motifs is 1. The van der Waals surface area contributed by atoms with E-state index in [2.05, 4.69) is 19.2 Å². The molecule has 0 saturated carbocycles. The van der Waals surface area contributed by atoms with Crippen LogP contribution in [-0.4, -0.2) is 49.8 Å². The summed E-state index contributed by atoms with van der Waals surface area (Å²) in [6, 6.07) is 3.73. The molecule has 2 atom stereocenters. The molecular formula is C23H34N3O4+. The van der Waals surface area contributed by atoms with Crippen molar-refractivity contribution in [2.75, 3.05) is 38.7 Å². The number of aromatic nitrogens is 1. The molecule has 164 valence electrons. The molecule has 0 spiro atoms. The molecule has 1 amide bonds. The van der Waals surface area contributed by atoms with Gasteiger partial charge in [0.1, 0.15) is 5.75 Å². The van der Waals surface area contributed by atoms with Gasteiger partial charge in [0, 0.05) is 30.0 Å². The molecule has 1 aliphatic rings. The van der Waals surface area contributed by atoms with E-state index in [1.807, 2.05) is 30.7 Å². The van der Waals surface area contributed by atoms with Gasteiger partial charge < -0.3 is 24.3 Å². The summed E-state index contributed by atoms with van der Waals surface area (Å²) >= 11 is 0. The number of piperidine rings is 1. The minimum atomic E-state index is -0.395. The Kier molecular flexibility index (Phi) is 6.71. The number of hydrogen-bond acceptors (Lipinski definition) is 4. The van der Waals surface area contributed by atoms with E-state index < -0.39 is 5.97 Å². The molecule has 0 radical (unpaired) electrons. The molecule has 7 heteroatoms. The second-order valence-corrected chi connectivity index (χ2v) is 8.61. The van der Waals surface area contributed by atoms with Crippen LogP contribution in [0.4, 0.5) is 5.69 Å². The summed E-state index contributed by atoms with van der Waals surface area (Å²) in [6.45, 7) is 10.8. The van der Waals surface area contributed by atoms with Crippen LogP contribution in [0.3, 0.4) is 0 Å². The zero-order valence-electron chi connectivity index (χ0n) is 18.9. The quantitative estimate of drug-likeness (QED) is 0.708. The first-order valence-electron chi connectivity index (χ1n) is 10.7. The Balaban J connectivity index is 1.98. The van der Waals surface area contributed by atoms with Gasteiger partial charge in [-0.05, 0) is 32.4 Å². The van der Waals surface area contributed by atoms with Crippen LogP contribution in [0.1, 0.15) is 43.2 Å². The van der Waals surface area contributed by atoms with Crippen LogP contribution in [0.15, 0.2) is 12.1 Å². The average Bonchev–Trinajstić information content (AvgIpc) is 2.92. The zero-order chi connectivity index (χ0) is 22.0. The molecule has 1 saturated heterocycles. The highest BCUT2D eigenvalue weighted by Crippen LogP contribution is 2.38. The molecule has 0 aliphatic carbocycles. The number of methoxy groups -OCH3 is 1. The van der Waals surface area contributed by atoms with Crippen LogP contribution in [-0.2, 0) is 16.6 Å². The number of hydrogen-bond donors (Lipinski definition) is 2. The number of carbonyl (C=O) groups is 2. The maximum Gasteiger partial charge on any atom is 0.340 e. The topological polar surface area (TPSA) is 74.0 Å². The van der Waals surface area contributed by atoms with Crippen LogP contribution in [0, 0.1) is 18.8 Å². The predicted octanol–water partition coefficient (Wildman–Crippen LogP) is 2.17. The van der Waals surface area contributed by atoms with Gasteiger partial charge in [0.15, 0.2) is 6.54 Å². The highest BCUT2D eigenvalue weighted by atomic mass is 16.5.